The van der Waals surface area contributed by atoms with E-state index in [0.717, 1.165) is 19.5 Å². The maximum Gasteiger partial charge on any atom is 0.320 e. The number of carboxylic acids is 1. The average molecular weight is 282 g/mol. The number of aliphatic carboxylic acids is 1. The van der Waals surface area contributed by atoms with Crippen LogP contribution in [0.3, 0.4) is 0 Å². The zero-order valence-electron chi connectivity index (χ0n) is 12.8. The summed E-state index contributed by atoms with van der Waals surface area (Å²) in [4.78, 5) is 27.8. The van der Waals surface area contributed by atoms with E-state index in [-0.39, 0.29) is 6.03 Å². The molecule has 0 aromatic rings. The molecular formula is C15H26N2O3. The Morgan fingerprint density at radius 3 is 2.30 bits per heavy atom. The molecule has 3 atom stereocenters. The van der Waals surface area contributed by atoms with E-state index in [2.05, 4.69) is 13.8 Å². The summed E-state index contributed by atoms with van der Waals surface area (Å²) in [6, 6.07) is 0.0278. The quantitative estimate of drug-likeness (QED) is 0.845. The molecule has 2 aliphatic rings. The Morgan fingerprint density at radius 1 is 1.20 bits per heavy atom. The highest BCUT2D eigenvalue weighted by Crippen LogP contribution is 2.34. The van der Waals surface area contributed by atoms with Crippen molar-refractivity contribution in [2.45, 2.75) is 40.0 Å². The van der Waals surface area contributed by atoms with Crippen molar-refractivity contribution in [1.82, 2.24) is 9.80 Å². The first-order valence-corrected chi connectivity index (χ1v) is 7.67. The highest BCUT2D eigenvalue weighted by molar-refractivity contribution is 5.79. The lowest BCUT2D eigenvalue weighted by Crippen LogP contribution is -2.53. The zero-order chi connectivity index (χ0) is 14.9. The third-order valence-electron chi connectivity index (χ3n) is 5.24. The minimum absolute atomic E-state index is 0.0278. The van der Waals surface area contributed by atoms with Crippen LogP contribution in [-0.2, 0) is 4.79 Å². The maximum atomic E-state index is 12.6. The number of amides is 2. The van der Waals surface area contributed by atoms with Gasteiger partial charge in [-0.25, -0.2) is 4.79 Å². The Kier molecular flexibility index (Phi) is 4.25. The van der Waals surface area contributed by atoms with Gasteiger partial charge in [0.15, 0.2) is 0 Å². The smallest absolute Gasteiger partial charge is 0.320 e. The summed E-state index contributed by atoms with van der Waals surface area (Å²) in [5.74, 6) is 0.291. The molecule has 2 aliphatic heterocycles. The van der Waals surface area contributed by atoms with Gasteiger partial charge in [-0.1, -0.05) is 20.8 Å². The first-order chi connectivity index (χ1) is 9.39. The van der Waals surface area contributed by atoms with Crippen LogP contribution in [0, 0.1) is 17.3 Å². The summed E-state index contributed by atoms with van der Waals surface area (Å²) in [5.41, 5.74) is -0.745. The van der Waals surface area contributed by atoms with Crippen LogP contribution in [0.1, 0.15) is 40.0 Å². The molecule has 2 rings (SSSR count). The van der Waals surface area contributed by atoms with Crippen LogP contribution in [0.15, 0.2) is 0 Å². The van der Waals surface area contributed by atoms with Crippen LogP contribution in [0.2, 0.25) is 0 Å². The Balaban J connectivity index is 2.05. The van der Waals surface area contributed by atoms with Crippen LogP contribution in [0.25, 0.3) is 0 Å². The molecule has 3 unspecified atom stereocenters. The van der Waals surface area contributed by atoms with E-state index in [9.17, 15) is 14.7 Å². The largest absolute Gasteiger partial charge is 0.481 e. The SMILES string of the molecule is CCC1(C(=O)O)CCCN(C(=O)N2CC(C)C(C)C2)C1. The van der Waals surface area contributed by atoms with Gasteiger partial charge in [-0.05, 0) is 31.1 Å². The van der Waals surface area contributed by atoms with Crippen molar-refractivity contribution in [1.29, 1.82) is 0 Å². The zero-order valence-corrected chi connectivity index (χ0v) is 12.8. The van der Waals surface area contributed by atoms with Crippen molar-refractivity contribution >= 4 is 12.0 Å². The first-order valence-electron chi connectivity index (χ1n) is 7.67. The van der Waals surface area contributed by atoms with Gasteiger partial charge in [0.05, 0.1) is 5.41 Å². The van der Waals surface area contributed by atoms with E-state index in [1.807, 2.05) is 11.8 Å². The number of hydrogen-bond donors (Lipinski definition) is 1. The molecule has 2 amide bonds. The van der Waals surface area contributed by atoms with Crippen LogP contribution in [0.5, 0.6) is 0 Å². The molecule has 5 nitrogen and oxygen atoms in total. The van der Waals surface area contributed by atoms with Gasteiger partial charge in [0, 0.05) is 26.2 Å². The van der Waals surface area contributed by atoms with Gasteiger partial charge in [-0.3, -0.25) is 4.79 Å². The van der Waals surface area contributed by atoms with E-state index >= 15 is 0 Å². The molecule has 0 bridgehead atoms. The summed E-state index contributed by atoms with van der Waals surface area (Å²) >= 11 is 0. The normalized spacial score (nSPS) is 34.4. The van der Waals surface area contributed by atoms with Crippen molar-refractivity contribution in [2.75, 3.05) is 26.2 Å². The van der Waals surface area contributed by atoms with Crippen LogP contribution in [0.4, 0.5) is 4.79 Å². The molecule has 0 radical (unpaired) electrons. The minimum atomic E-state index is -0.763. The third kappa shape index (κ3) is 2.63. The summed E-state index contributed by atoms with van der Waals surface area (Å²) < 4.78 is 0. The third-order valence-corrected chi connectivity index (χ3v) is 5.24. The number of hydrogen-bond acceptors (Lipinski definition) is 2. The molecule has 2 fully saturated rings. The van der Waals surface area contributed by atoms with Crippen LogP contribution < -0.4 is 0 Å². The molecule has 114 valence electrons. The predicted molar refractivity (Wildman–Crippen MR) is 76.5 cm³/mol. The van der Waals surface area contributed by atoms with Crippen molar-refractivity contribution in [3.8, 4) is 0 Å². The van der Waals surface area contributed by atoms with Gasteiger partial charge in [0.1, 0.15) is 0 Å². The molecular weight excluding hydrogens is 256 g/mol. The molecule has 0 aromatic heterocycles. The van der Waals surface area contributed by atoms with Crippen molar-refractivity contribution < 1.29 is 14.7 Å². The fraction of sp³-hybridized carbons (Fsp3) is 0.867. The monoisotopic (exact) mass is 282 g/mol. The van der Waals surface area contributed by atoms with Crippen molar-refractivity contribution in [3.63, 3.8) is 0 Å². The summed E-state index contributed by atoms with van der Waals surface area (Å²) in [5, 5.41) is 9.49. The molecule has 0 aliphatic carbocycles. The van der Waals surface area contributed by atoms with Gasteiger partial charge in [-0.15, -0.1) is 0 Å². The second kappa shape index (κ2) is 5.62. The highest BCUT2D eigenvalue weighted by Gasteiger charge is 2.43. The summed E-state index contributed by atoms with van der Waals surface area (Å²) in [6.07, 6.45) is 2.04. The van der Waals surface area contributed by atoms with E-state index in [0.29, 0.717) is 37.8 Å². The fourth-order valence-corrected chi connectivity index (χ4v) is 3.40. The Bertz CT molecular complexity index is 389. The van der Waals surface area contributed by atoms with E-state index < -0.39 is 11.4 Å². The Hall–Kier alpha value is -1.26. The van der Waals surface area contributed by atoms with Gasteiger partial charge in [0.2, 0.25) is 0 Å². The summed E-state index contributed by atoms with van der Waals surface area (Å²) in [6.45, 7) is 8.88. The molecule has 2 saturated heterocycles. The van der Waals surface area contributed by atoms with E-state index in [1.54, 1.807) is 4.90 Å². The topological polar surface area (TPSA) is 60.9 Å². The molecule has 1 N–H and O–H groups in total. The predicted octanol–water partition coefficient (Wildman–Crippen LogP) is 2.27. The summed E-state index contributed by atoms with van der Waals surface area (Å²) in [7, 11) is 0. The first kappa shape index (κ1) is 15.1. The average Bonchev–Trinajstić information content (AvgIpc) is 2.77. The number of carbonyl (C=O) groups excluding carboxylic acids is 1. The number of carbonyl (C=O) groups is 2. The maximum absolute atomic E-state index is 12.6. The van der Waals surface area contributed by atoms with Gasteiger partial charge >= 0.3 is 12.0 Å². The van der Waals surface area contributed by atoms with Crippen molar-refractivity contribution in [2.24, 2.45) is 17.3 Å². The highest BCUT2D eigenvalue weighted by atomic mass is 16.4. The fourth-order valence-electron chi connectivity index (χ4n) is 3.40. The molecule has 0 aromatic carbocycles. The van der Waals surface area contributed by atoms with Crippen LogP contribution in [-0.4, -0.2) is 53.1 Å². The number of urea groups is 1. The van der Waals surface area contributed by atoms with Crippen LogP contribution >= 0.6 is 0 Å². The number of rotatable bonds is 2. The van der Waals surface area contributed by atoms with Gasteiger partial charge in [0.25, 0.3) is 0 Å². The number of nitrogens with zero attached hydrogens (tertiary/aromatic N) is 2. The molecule has 20 heavy (non-hydrogen) atoms. The van der Waals surface area contributed by atoms with Gasteiger partial charge in [-0.2, -0.15) is 0 Å². The lowest BCUT2D eigenvalue weighted by molar-refractivity contribution is -0.152. The number of piperidine rings is 1. The standard InChI is InChI=1S/C15H26N2O3/c1-4-15(13(18)19)6-5-7-16(10-15)14(20)17-8-11(2)12(3)9-17/h11-12H,4-10H2,1-3H3,(H,18,19). The molecule has 5 heteroatoms. The lowest BCUT2D eigenvalue weighted by Gasteiger charge is -2.40. The molecule has 2 heterocycles. The van der Waals surface area contributed by atoms with Crippen molar-refractivity contribution in [3.05, 3.63) is 0 Å². The molecule has 0 spiro atoms. The number of likely N-dealkylation sites (tertiary alicyclic amines) is 2. The lowest BCUT2D eigenvalue weighted by atomic mass is 9.78. The van der Waals surface area contributed by atoms with E-state index in [1.165, 1.54) is 0 Å². The Morgan fingerprint density at radius 2 is 1.80 bits per heavy atom. The van der Waals surface area contributed by atoms with E-state index in [4.69, 9.17) is 0 Å². The second-order valence-corrected chi connectivity index (χ2v) is 6.61. The minimum Gasteiger partial charge on any atom is -0.481 e. The van der Waals surface area contributed by atoms with Gasteiger partial charge < -0.3 is 14.9 Å². The number of carboxylic acid groups (broad SMARTS) is 1. The second-order valence-electron chi connectivity index (χ2n) is 6.61. The molecule has 0 saturated carbocycles. The Labute approximate surface area is 120 Å².